The Balaban J connectivity index is 1.58. The summed E-state index contributed by atoms with van der Waals surface area (Å²) < 4.78 is 37.9. The van der Waals surface area contributed by atoms with Gasteiger partial charge in [0.2, 0.25) is 10.0 Å². The Morgan fingerprint density at radius 3 is 2.48 bits per heavy atom. The van der Waals surface area contributed by atoms with E-state index in [-0.39, 0.29) is 24.5 Å². The Morgan fingerprint density at radius 2 is 1.74 bits per heavy atom. The molecular formula is C21H25N3O6S. The zero-order valence-electron chi connectivity index (χ0n) is 17.1. The first kappa shape index (κ1) is 22.7. The molecule has 1 atom stereocenters. The first-order valence-electron chi connectivity index (χ1n) is 9.80. The molecular weight excluding hydrogens is 422 g/mol. The second-order valence-corrected chi connectivity index (χ2v) is 8.70. The summed E-state index contributed by atoms with van der Waals surface area (Å²) >= 11 is 0. The van der Waals surface area contributed by atoms with Crippen LogP contribution in [0.15, 0.2) is 59.5 Å². The first-order valence-corrected chi connectivity index (χ1v) is 11.2. The van der Waals surface area contributed by atoms with Crippen LogP contribution in [0.3, 0.4) is 0 Å². The van der Waals surface area contributed by atoms with Crippen molar-refractivity contribution in [1.29, 1.82) is 0 Å². The molecule has 2 N–H and O–H groups in total. The van der Waals surface area contributed by atoms with Gasteiger partial charge in [0.1, 0.15) is 12.0 Å². The highest BCUT2D eigenvalue weighted by atomic mass is 32.2. The Morgan fingerprint density at radius 1 is 1.06 bits per heavy atom. The summed E-state index contributed by atoms with van der Waals surface area (Å²) in [5.74, 6) is -1.11. The van der Waals surface area contributed by atoms with Crippen LogP contribution in [0.1, 0.15) is 12.0 Å². The maximum absolute atomic E-state index is 12.9. The fourth-order valence-corrected chi connectivity index (χ4v) is 4.78. The second-order valence-electron chi connectivity index (χ2n) is 6.81. The summed E-state index contributed by atoms with van der Waals surface area (Å²) in [6, 6.07) is 15.1. The van der Waals surface area contributed by atoms with Crippen LogP contribution in [0.25, 0.3) is 0 Å². The molecule has 0 aliphatic carbocycles. The average Bonchev–Trinajstić information content (AvgIpc) is 2.81. The fourth-order valence-electron chi connectivity index (χ4n) is 3.20. The summed E-state index contributed by atoms with van der Waals surface area (Å²) in [6.45, 7) is 0.594. The van der Waals surface area contributed by atoms with Crippen molar-refractivity contribution >= 4 is 21.8 Å². The van der Waals surface area contributed by atoms with E-state index in [2.05, 4.69) is 10.6 Å². The molecule has 2 amide bonds. The van der Waals surface area contributed by atoms with E-state index in [9.17, 15) is 18.0 Å². The van der Waals surface area contributed by atoms with E-state index in [1.54, 1.807) is 42.5 Å². The fraction of sp³-hybridized carbons (Fsp3) is 0.333. The molecule has 1 saturated heterocycles. The van der Waals surface area contributed by atoms with E-state index in [0.29, 0.717) is 18.8 Å². The molecule has 1 heterocycles. The molecule has 3 rings (SSSR count). The predicted octanol–water partition coefficient (Wildman–Crippen LogP) is 0.865. The third-order valence-corrected chi connectivity index (χ3v) is 6.68. The monoisotopic (exact) mass is 447 g/mol. The summed E-state index contributed by atoms with van der Waals surface area (Å²) in [5.41, 5.74) is 0.724. The SMILES string of the molecule is COc1ccccc1CNC(=O)C(=O)NC[C@@H]1OCCCN1S(=O)(=O)c1ccccc1. The normalized spacial score (nSPS) is 17.0. The van der Waals surface area contributed by atoms with Gasteiger partial charge < -0.3 is 20.1 Å². The van der Waals surface area contributed by atoms with E-state index in [1.807, 2.05) is 0 Å². The molecule has 2 aromatic carbocycles. The lowest BCUT2D eigenvalue weighted by atomic mass is 10.2. The molecule has 0 saturated carbocycles. The molecule has 0 unspecified atom stereocenters. The van der Waals surface area contributed by atoms with Gasteiger partial charge in [0.15, 0.2) is 0 Å². The van der Waals surface area contributed by atoms with E-state index in [1.165, 1.54) is 23.5 Å². The van der Waals surface area contributed by atoms with E-state index in [0.717, 1.165) is 5.56 Å². The van der Waals surface area contributed by atoms with Crippen LogP contribution >= 0.6 is 0 Å². The van der Waals surface area contributed by atoms with Crippen molar-refractivity contribution in [3.63, 3.8) is 0 Å². The van der Waals surface area contributed by atoms with Gasteiger partial charge in [-0.25, -0.2) is 8.42 Å². The van der Waals surface area contributed by atoms with Crippen LogP contribution in [0, 0.1) is 0 Å². The summed E-state index contributed by atoms with van der Waals surface area (Å²) in [7, 11) is -2.27. The molecule has 1 aliphatic heterocycles. The van der Waals surface area contributed by atoms with Crippen LogP contribution in [-0.2, 0) is 30.9 Å². The number of nitrogens with one attached hydrogen (secondary N) is 2. The standard InChI is InChI=1S/C21H25N3O6S/c1-29-18-11-6-5-8-16(18)14-22-20(25)21(26)23-15-19-24(12-7-13-30-19)31(27,28)17-9-3-2-4-10-17/h2-6,8-11,19H,7,12-15H2,1H3,(H,22,25)(H,23,26)/t19-/m0/s1. The number of carbonyl (C=O) groups excluding carboxylic acids is 2. The first-order chi connectivity index (χ1) is 14.9. The average molecular weight is 448 g/mol. The summed E-state index contributed by atoms with van der Waals surface area (Å²) in [6.07, 6.45) is -0.361. The largest absolute Gasteiger partial charge is 0.496 e. The smallest absolute Gasteiger partial charge is 0.309 e. The molecule has 166 valence electrons. The van der Waals surface area contributed by atoms with Gasteiger partial charge in [0, 0.05) is 18.7 Å². The number of sulfonamides is 1. The highest BCUT2D eigenvalue weighted by Gasteiger charge is 2.34. The lowest BCUT2D eigenvalue weighted by Gasteiger charge is -2.34. The highest BCUT2D eigenvalue weighted by molar-refractivity contribution is 7.89. The van der Waals surface area contributed by atoms with Crippen molar-refractivity contribution in [3.05, 3.63) is 60.2 Å². The number of hydrogen-bond donors (Lipinski definition) is 2. The molecule has 9 nitrogen and oxygen atoms in total. The number of amides is 2. The maximum atomic E-state index is 12.9. The van der Waals surface area contributed by atoms with Gasteiger partial charge >= 0.3 is 11.8 Å². The molecule has 1 aliphatic rings. The minimum absolute atomic E-state index is 0.116. The topological polar surface area (TPSA) is 114 Å². The van der Waals surface area contributed by atoms with E-state index >= 15 is 0 Å². The highest BCUT2D eigenvalue weighted by Crippen LogP contribution is 2.21. The molecule has 0 aromatic heterocycles. The van der Waals surface area contributed by atoms with Crippen molar-refractivity contribution in [2.24, 2.45) is 0 Å². The molecule has 0 bridgehead atoms. The number of benzene rings is 2. The number of rotatable bonds is 7. The van der Waals surface area contributed by atoms with E-state index < -0.39 is 28.1 Å². The van der Waals surface area contributed by atoms with E-state index in [4.69, 9.17) is 9.47 Å². The van der Waals surface area contributed by atoms with Crippen LogP contribution in [-0.4, -0.2) is 57.6 Å². The summed E-state index contributed by atoms with van der Waals surface area (Å²) in [5, 5.41) is 4.98. The third-order valence-electron chi connectivity index (χ3n) is 4.78. The second kappa shape index (κ2) is 10.4. The van der Waals surface area contributed by atoms with Gasteiger partial charge in [0.05, 0.1) is 25.2 Å². The predicted molar refractivity (Wildman–Crippen MR) is 113 cm³/mol. The maximum Gasteiger partial charge on any atom is 0.309 e. The van der Waals surface area contributed by atoms with Crippen molar-refractivity contribution in [1.82, 2.24) is 14.9 Å². The van der Waals surface area contributed by atoms with Crippen molar-refractivity contribution in [3.8, 4) is 5.75 Å². The van der Waals surface area contributed by atoms with Crippen molar-refractivity contribution < 1.29 is 27.5 Å². The minimum Gasteiger partial charge on any atom is -0.496 e. The molecule has 2 aromatic rings. The number of carbonyl (C=O) groups is 2. The third kappa shape index (κ3) is 5.60. The van der Waals surface area contributed by atoms with Crippen LogP contribution in [0.5, 0.6) is 5.75 Å². The van der Waals surface area contributed by atoms with Crippen molar-refractivity contribution in [2.45, 2.75) is 24.1 Å². The quantitative estimate of drug-likeness (QED) is 0.609. The number of ether oxygens (including phenoxy) is 2. The lowest BCUT2D eigenvalue weighted by molar-refractivity contribution is -0.140. The number of para-hydroxylation sites is 1. The van der Waals surface area contributed by atoms with Crippen molar-refractivity contribution in [2.75, 3.05) is 26.8 Å². The van der Waals surface area contributed by atoms with Crippen LogP contribution in [0.2, 0.25) is 0 Å². The van der Waals surface area contributed by atoms with Gasteiger partial charge in [-0.15, -0.1) is 0 Å². The van der Waals surface area contributed by atoms with Gasteiger partial charge in [0.25, 0.3) is 0 Å². The lowest BCUT2D eigenvalue weighted by Crippen LogP contribution is -2.53. The zero-order chi connectivity index (χ0) is 22.3. The number of methoxy groups -OCH3 is 1. The molecule has 0 radical (unpaired) electrons. The van der Waals surface area contributed by atoms with Gasteiger partial charge in [-0.3, -0.25) is 9.59 Å². The zero-order valence-corrected chi connectivity index (χ0v) is 17.9. The number of nitrogens with zero attached hydrogens (tertiary/aromatic N) is 1. The van der Waals surface area contributed by atoms with Crippen LogP contribution in [0.4, 0.5) is 0 Å². The molecule has 1 fully saturated rings. The van der Waals surface area contributed by atoms with Gasteiger partial charge in [-0.05, 0) is 24.6 Å². The van der Waals surface area contributed by atoms with Gasteiger partial charge in [-0.2, -0.15) is 4.31 Å². The Hall–Kier alpha value is -2.95. The van der Waals surface area contributed by atoms with Gasteiger partial charge in [-0.1, -0.05) is 36.4 Å². The van der Waals surface area contributed by atoms with Crippen LogP contribution < -0.4 is 15.4 Å². The Kier molecular flexibility index (Phi) is 7.61. The Bertz CT molecular complexity index is 1010. The molecule has 10 heteroatoms. The minimum atomic E-state index is -3.79. The Labute approximate surface area is 181 Å². The summed E-state index contributed by atoms with van der Waals surface area (Å²) in [4.78, 5) is 24.5. The number of hydrogen-bond acceptors (Lipinski definition) is 6. The molecule has 31 heavy (non-hydrogen) atoms. The molecule has 0 spiro atoms.